The third kappa shape index (κ3) is 3.06. The van der Waals surface area contributed by atoms with Gasteiger partial charge in [-0.2, -0.15) is 0 Å². The molecule has 0 atom stereocenters. The number of carbonyl (C=O) groups is 2. The summed E-state index contributed by atoms with van der Waals surface area (Å²) in [6.45, 7) is 0. The lowest BCUT2D eigenvalue weighted by molar-refractivity contribution is 0.0602. The van der Waals surface area contributed by atoms with E-state index in [9.17, 15) is 9.59 Å². The Hall–Kier alpha value is -3.14. The van der Waals surface area contributed by atoms with Crippen molar-refractivity contribution in [1.82, 2.24) is 0 Å². The molecule has 0 spiro atoms. The quantitative estimate of drug-likeness (QED) is 0.747. The number of methoxy groups -OCH3 is 1. The van der Waals surface area contributed by atoms with Gasteiger partial charge < -0.3 is 10.1 Å². The topological polar surface area (TPSA) is 55.4 Å². The van der Waals surface area contributed by atoms with Crippen molar-refractivity contribution in [3.05, 3.63) is 77.9 Å². The van der Waals surface area contributed by atoms with E-state index < -0.39 is 5.97 Å². The molecule has 3 aromatic carbocycles. The first kappa shape index (κ1) is 14.8. The Balaban J connectivity index is 1.90. The Kier molecular flexibility index (Phi) is 4.06. The molecule has 1 amide bonds. The van der Waals surface area contributed by atoms with Crippen LogP contribution in [0.1, 0.15) is 20.7 Å². The van der Waals surface area contributed by atoms with Crippen LogP contribution in [0.15, 0.2) is 66.7 Å². The first-order valence-electron chi connectivity index (χ1n) is 7.16. The van der Waals surface area contributed by atoms with Gasteiger partial charge in [-0.1, -0.05) is 42.5 Å². The minimum absolute atomic E-state index is 0.271. The number of carbonyl (C=O) groups excluding carboxylic acids is 2. The number of para-hydroxylation sites is 1. The van der Waals surface area contributed by atoms with Crippen LogP contribution in [-0.4, -0.2) is 19.0 Å². The number of nitrogens with one attached hydrogen (secondary N) is 1. The van der Waals surface area contributed by atoms with Crippen molar-refractivity contribution in [2.24, 2.45) is 0 Å². The molecular weight excluding hydrogens is 290 g/mol. The number of benzene rings is 3. The maximum absolute atomic E-state index is 12.5. The molecule has 0 aliphatic heterocycles. The van der Waals surface area contributed by atoms with Crippen LogP contribution < -0.4 is 5.32 Å². The number of fused-ring (bicyclic) bond motifs is 1. The van der Waals surface area contributed by atoms with Crippen LogP contribution in [0.4, 0.5) is 5.69 Å². The Morgan fingerprint density at radius 2 is 1.57 bits per heavy atom. The molecule has 4 heteroatoms. The van der Waals surface area contributed by atoms with E-state index in [1.165, 1.54) is 7.11 Å². The van der Waals surface area contributed by atoms with Crippen molar-refractivity contribution in [2.75, 3.05) is 12.4 Å². The molecule has 3 aromatic rings. The Morgan fingerprint density at radius 1 is 0.870 bits per heavy atom. The van der Waals surface area contributed by atoms with Gasteiger partial charge in [-0.05, 0) is 35.0 Å². The molecule has 0 saturated heterocycles. The lowest BCUT2D eigenvalue weighted by Gasteiger charge is -2.10. The van der Waals surface area contributed by atoms with Crippen LogP contribution in [-0.2, 0) is 4.74 Å². The molecule has 4 nitrogen and oxygen atoms in total. The molecule has 0 aliphatic rings. The number of ether oxygens (including phenoxy) is 1. The SMILES string of the molecule is COC(=O)c1ccccc1NC(=O)c1ccc2ccccc2c1. The van der Waals surface area contributed by atoms with Crippen molar-refractivity contribution in [2.45, 2.75) is 0 Å². The van der Waals surface area contributed by atoms with Gasteiger partial charge in [0.25, 0.3) is 5.91 Å². The van der Waals surface area contributed by atoms with Crippen LogP contribution in [0.25, 0.3) is 10.8 Å². The molecule has 0 saturated carbocycles. The van der Waals surface area contributed by atoms with E-state index >= 15 is 0 Å². The summed E-state index contributed by atoms with van der Waals surface area (Å²) in [6, 6.07) is 20.1. The highest BCUT2D eigenvalue weighted by Crippen LogP contribution is 2.19. The normalized spacial score (nSPS) is 10.3. The van der Waals surface area contributed by atoms with Gasteiger partial charge in [-0.25, -0.2) is 4.79 Å². The lowest BCUT2D eigenvalue weighted by atomic mass is 10.1. The largest absolute Gasteiger partial charge is 0.465 e. The average molecular weight is 305 g/mol. The number of amides is 1. The summed E-state index contributed by atoms with van der Waals surface area (Å²) in [4.78, 5) is 24.2. The number of hydrogen-bond acceptors (Lipinski definition) is 3. The van der Waals surface area contributed by atoms with Crippen LogP contribution in [0.3, 0.4) is 0 Å². The summed E-state index contributed by atoms with van der Waals surface area (Å²) in [5, 5.41) is 4.82. The van der Waals surface area contributed by atoms with Crippen LogP contribution in [0, 0.1) is 0 Å². The Labute approximate surface area is 133 Å². The summed E-state index contributed by atoms with van der Waals surface area (Å²) in [6.07, 6.45) is 0. The van der Waals surface area contributed by atoms with Gasteiger partial charge in [0.15, 0.2) is 0 Å². The average Bonchev–Trinajstić information content (AvgIpc) is 2.61. The molecule has 0 bridgehead atoms. The summed E-state index contributed by atoms with van der Waals surface area (Å²) in [7, 11) is 1.31. The van der Waals surface area contributed by atoms with Crippen molar-refractivity contribution in [3.8, 4) is 0 Å². The molecule has 0 radical (unpaired) electrons. The molecule has 0 unspecified atom stereocenters. The van der Waals surface area contributed by atoms with Crippen LogP contribution in [0.5, 0.6) is 0 Å². The first-order chi connectivity index (χ1) is 11.2. The summed E-state index contributed by atoms with van der Waals surface area (Å²) >= 11 is 0. The predicted octanol–water partition coefficient (Wildman–Crippen LogP) is 3.88. The third-order valence-electron chi connectivity index (χ3n) is 3.59. The zero-order valence-electron chi connectivity index (χ0n) is 12.6. The standard InChI is InChI=1S/C19H15NO3/c1-23-19(22)16-8-4-5-9-17(16)20-18(21)15-11-10-13-6-2-3-7-14(13)12-15/h2-12H,1H3,(H,20,21). The summed E-state index contributed by atoms with van der Waals surface area (Å²) < 4.78 is 4.73. The molecule has 0 aliphatic carbocycles. The van der Waals surface area contributed by atoms with Gasteiger partial charge in [0.05, 0.1) is 18.4 Å². The van der Waals surface area contributed by atoms with E-state index in [1.807, 2.05) is 36.4 Å². The lowest BCUT2D eigenvalue weighted by Crippen LogP contribution is -2.15. The zero-order valence-corrected chi connectivity index (χ0v) is 12.6. The van der Waals surface area contributed by atoms with E-state index in [0.29, 0.717) is 16.8 Å². The minimum Gasteiger partial charge on any atom is -0.465 e. The minimum atomic E-state index is -0.487. The molecule has 0 aromatic heterocycles. The maximum atomic E-state index is 12.5. The Bertz CT molecular complexity index is 886. The van der Waals surface area contributed by atoms with E-state index in [0.717, 1.165) is 10.8 Å². The van der Waals surface area contributed by atoms with Gasteiger partial charge in [0, 0.05) is 5.56 Å². The van der Waals surface area contributed by atoms with Gasteiger partial charge in [-0.15, -0.1) is 0 Å². The van der Waals surface area contributed by atoms with Crippen molar-refractivity contribution < 1.29 is 14.3 Å². The van der Waals surface area contributed by atoms with Crippen molar-refractivity contribution in [3.63, 3.8) is 0 Å². The second-order valence-electron chi connectivity index (χ2n) is 5.05. The van der Waals surface area contributed by atoms with Gasteiger partial charge in [0.1, 0.15) is 0 Å². The van der Waals surface area contributed by atoms with Crippen molar-refractivity contribution in [1.29, 1.82) is 0 Å². The molecule has 1 N–H and O–H groups in total. The second kappa shape index (κ2) is 6.32. The van der Waals surface area contributed by atoms with E-state index in [4.69, 9.17) is 4.74 Å². The fraction of sp³-hybridized carbons (Fsp3) is 0.0526. The number of esters is 1. The predicted molar refractivity (Wildman–Crippen MR) is 89.7 cm³/mol. The molecule has 114 valence electrons. The summed E-state index contributed by atoms with van der Waals surface area (Å²) in [5.41, 5.74) is 1.28. The van der Waals surface area contributed by atoms with Gasteiger partial charge in [-0.3, -0.25) is 4.79 Å². The number of anilines is 1. The first-order valence-corrected chi connectivity index (χ1v) is 7.16. The molecule has 3 rings (SSSR count). The highest BCUT2D eigenvalue weighted by Gasteiger charge is 2.14. The highest BCUT2D eigenvalue weighted by molar-refractivity contribution is 6.09. The zero-order chi connectivity index (χ0) is 16.2. The molecule has 23 heavy (non-hydrogen) atoms. The van der Waals surface area contributed by atoms with E-state index in [2.05, 4.69) is 5.32 Å². The van der Waals surface area contributed by atoms with E-state index in [1.54, 1.807) is 30.3 Å². The van der Waals surface area contributed by atoms with Crippen LogP contribution >= 0.6 is 0 Å². The fourth-order valence-electron chi connectivity index (χ4n) is 2.41. The Morgan fingerprint density at radius 3 is 2.35 bits per heavy atom. The second-order valence-corrected chi connectivity index (χ2v) is 5.05. The summed E-state index contributed by atoms with van der Waals surface area (Å²) in [5.74, 6) is -0.758. The molecular formula is C19H15NO3. The third-order valence-corrected chi connectivity index (χ3v) is 3.59. The fourth-order valence-corrected chi connectivity index (χ4v) is 2.41. The number of rotatable bonds is 3. The maximum Gasteiger partial charge on any atom is 0.339 e. The highest BCUT2D eigenvalue weighted by atomic mass is 16.5. The van der Waals surface area contributed by atoms with Gasteiger partial charge >= 0.3 is 5.97 Å². The number of hydrogen-bond donors (Lipinski definition) is 1. The smallest absolute Gasteiger partial charge is 0.339 e. The van der Waals surface area contributed by atoms with Crippen molar-refractivity contribution >= 4 is 28.3 Å². The molecule has 0 heterocycles. The molecule has 0 fully saturated rings. The van der Waals surface area contributed by atoms with Gasteiger partial charge in [0.2, 0.25) is 0 Å². The van der Waals surface area contributed by atoms with Crippen LogP contribution in [0.2, 0.25) is 0 Å². The van der Waals surface area contributed by atoms with E-state index in [-0.39, 0.29) is 5.91 Å². The monoisotopic (exact) mass is 305 g/mol.